The van der Waals surface area contributed by atoms with E-state index in [4.69, 9.17) is 15.2 Å². The highest BCUT2D eigenvalue weighted by atomic mass is 16.6. The molecule has 1 aromatic carbocycles. The van der Waals surface area contributed by atoms with Gasteiger partial charge in [0.15, 0.2) is 0 Å². The summed E-state index contributed by atoms with van der Waals surface area (Å²) in [4.78, 5) is 10.4. The van der Waals surface area contributed by atoms with Crippen LogP contribution in [0.15, 0.2) is 18.2 Å². The minimum absolute atomic E-state index is 0.0274. The SMILES string of the molecule is COC1C(N)CC1Oc1ccc(C)c([N+](=O)[O-])c1. The van der Waals surface area contributed by atoms with Gasteiger partial charge in [0.1, 0.15) is 18.0 Å². The number of methoxy groups -OCH3 is 1. The summed E-state index contributed by atoms with van der Waals surface area (Å²) in [6.07, 6.45) is 0.415. The first-order chi connectivity index (χ1) is 8.52. The molecule has 6 nitrogen and oxygen atoms in total. The van der Waals surface area contributed by atoms with E-state index in [9.17, 15) is 10.1 Å². The summed E-state index contributed by atoms with van der Waals surface area (Å²) in [6, 6.07) is 4.80. The van der Waals surface area contributed by atoms with Crippen LogP contribution in [-0.4, -0.2) is 30.3 Å². The van der Waals surface area contributed by atoms with Crippen molar-refractivity contribution < 1.29 is 14.4 Å². The Balaban J connectivity index is 2.11. The van der Waals surface area contributed by atoms with Crippen molar-refractivity contribution >= 4 is 5.69 Å². The molecule has 18 heavy (non-hydrogen) atoms. The molecule has 1 aromatic rings. The fourth-order valence-corrected chi connectivity index (χ4v) is 2.09. The van der Waals surface area contributed by atoms with Crippen molar-refractivity contribution in [3.63, 3.8) is 0 Å². The Hall–Kier alpha value is -1.66. The fraction of sp³-hybridized carbons (Fsp3) is 0.500. The van der Waals surface area contributed by atoms with Crippen LogP contribution in [0, 0.1) is 17.0 Å². The number of hydrogen-bond donors (Lipinski definition) is 1. The summed E-state index contributed by atoms with van der Waals surface area (Å²) in [5, 5.41) is 10.8. The van der Waals surface area contributed by atoms with Crippen LogP contribution < -0.4 is 10.5 Å². The Morgan fingerprint density at radius 3 is 2.78 bits per heavy atom. The second kappa shape index (κ2) is 4.91. The minimum Gasteiger partial charge on any atom is -0.487 e. The van der Waals surface area contributed by atoms with Crippen LogP contribution in [0.25, 0.3) is 0 Å². The van der Waals surface area contributed by atoms with E-state index in [0.29, 0.717) is 17.7 Å². The lowest BCUT2D eigenvalue weighted by Crippen LogP contribution is -2.59. The van der Waals surface area contributed by atoms with Crippen molar-refractivity contribution in [2.75, 3.05) is 7.11 Å². The normalized spacial score (nSPS) is 26.5. The van der Waals surface area contributed by atoms with Crippen molar-refractivity contribution in [2.45, 2.75) is 31.6 Å². The molecule has 98 valence electrons. The lowest BCUT2D eigenvalue weighted by Gasteiger charge is -2.40. The molecule has 0 spiro atoms. The molecule has 1 aliphatic carbocycles. The third-order valence-corrected chi connectivity index (χ3v) is 3.23. The van der Waals surface area contributed by atoms with Crippen LogP contribution in [0.3, 0.4) is 0 Å². The molecule has 3 atom stereocenters. The highest BCUT2D eigenvalue weighted by Crippen LogP contribution is 2.30. The number of aryl methyl sites for hydroxylation is 1. The lowest BCUT2D eigenvalue weighted by atomic mass is 9.86. The zero-order valence-corrected chi connectivity index (χ0v) is 10.3. The molecule has 0 aromatic heterocycles. The number of benzene rings is 1. The van der Waals surface area contributed by atoms with Gasteiger partial charge in [0.2, 0.25) is 0 Å². The summed E-state index contributed by atoms with van der Waals surface area (Å²) in [7, 11) is 1.58. The van der Waals surface area contributed by atoms with Crippen molar-refractivity contribution in [1.29, 1.82) is 0 Å². The Bertz CT molecular complexity index is 463. The predicted molar refractivity (Wildman–Crippen MR) is 65.6 cm³/mol. The van der Waals surface area contributed by atoms with Gasteiger partial charge in [-0.3, -0.25) is 10.1 Å². The van der Waals surface area contributed by atoms with E-state index in [0.717, 1.165) is 0 Å². The Kier molecular flexibility index (Phi) is 3.49. The summed E-state index contributed by atoms with van der Waals surface area (Å²) >= 11 is 0. The van der Waals surface area contributed by atoms with Gasteiger partial charge in [-0.1, -0.05) is 0 Å². The number of nitrogens with two attached hydrogens (primary N) is 1. The smallest absolute Gasteiger partial charge is 0.276 e. The van der Waals surface area contributed by atoms with Crippen molar-refractivity contribution in [2.24, 2.45) is 5.73 Å². The summed E-state index contributed by atoms with van der Waals surface area (Å²) in [5.74, 6) is 0.478. The first-order valence-electron chi connectivity index (χ1n) is 5.73. The molecule has 1 fully saturated rings. The number of nitro groups is 1. The molecule has 2 N–H and O–H groups in total. The Labute approximate surface area is 105 Å². The maximum absolute atomic E-state index is 10.8. The Morgan fingerprint density at radius 2 is 2.22 bits per heavy atom. The second-order valence-electron chi connectivity index (χ2n) is 4.46. The van der Waals surface area contributed by atoms with Crippen molar-refractivity contribution in [3.8, 4) is 5.75 Å². The molecule has 1 saturated carbocycles. The van der Waals surface area contributed by atoms with Gasteiger partial charge in [0, 0.05) is 25.1 Å². The molecule has 3 unspecified atom stereocenters. The summed E-state index contributed by atoms with van der Waals surface area (Å²) < 4.78 is 10.9. The zero-order chi connectivity index (χ0) is 13.3. The maximum atomic E-state index is 10.8. The average Bonchev–Trinajstić information content (AvgIpc) is 2.30. The standard InChI is InChI=1S/C12H16N2O4/c1-7-3-4-8(5-10(7)14(15)16)18-11-6-9(13)12(11)17-2/h3-5,9,11-12H,6,13H2,1-2H3. The largest absolute Gasteiger partial charge is 0.487 e. The maximum Gasteiger partial charge on any atom is 0.276 e. The molecular weight excluding hydrogens is 236 g/mol. The van der Waals surface area contributed by atoms with Crippen LogP contribution >= 0.6 is 0 Å². The van der Waals surface area contributed by atoms with E-state index in [1.807, 2.05) is 0 Å². The van der Waals surface area contributed by atoms with Crippen LogP contribution in [0.1, 0.15) is 12.0 Å². The molecule has 0 radical (unpaired) electrons. The van der Waals surface area contributed by atoms with Gasteiger partial charge < -0.3 is 15.2 Å². The highest BCUT2D eigenvalue weighted by molar-refractivity contribution is 5.45. The predicted octanol–water partition coefficient (Wildman–Crippen LogP) is 1.40. The third kappa shape index (κ3) is 2.30. The van der Waals surface area contributed by atoms with E-state index >= 15 is 0 Å². The van der Waals surface area contributed by atoms with Crippen LogP contribution in [0.4, 0.5) is 5.69 Å². The molecule has 0 amide bonds. The van der Waals surface area contributed by atoms with Crippen molar-refractivity contribution in [1.82, 2.24) is 0 Å². The summed E-state index contributed by atoms with van der Waals surface area (Å²) in [5.41, 5.74) is 6.44. The number of rotatable bonds is 4. The minimum atomic E-state index is -0.414. The second-order valence-corrected chi connectivity index (χ2v) is 4.46. The first-order valence-corrected chi connectivity index (χ1v) is 5.73. The van der Waals surface area contributed by atoms with Gasteiger partial charge in [-0.2, -0.15) is 0 Å². The molecular formula is C12H16N2O4. The van der Waals surface area contributed by atoms with E-state index in [1.54, 1.807) is 26.2 Å². The van der Waals surface area contributed by atoms with Crippen LogP contribution in [0.2, 0.25) is 0 Å². The molecule has 6 heteroatoms. The molecule has 0 heterocycles. The Morgan fingerprint density at radius 1 is 1.50 bits per heavy atom. The van der Waals surface area contributed by atoms with Gasteiger partial charge in [0.25, 0.3) is 5.69 Å². The monoisotopic (exact) mass is 252 g/mol. The van der Waals surface area contributed by atoms with Gasteiger partial charge >= 0.3 is 0 Å². The lowest BCUT2D eigenvalue weighted by molar-refractivity contribution is -0.385. The van der Waals surface area contributed by atoms with Crippen LogP contribution in [-0.2, 0) is 4.74 Å². The average molecular weight is 252 g/mol. The van der Waals surface area contributed by atoms with Gasteiger partial charge in [0.05, 0.1) is 11.0 Å². The van der Waals surface area contributed by atoms with Crippen molar-refractivity contribution in [3.05, 3.63) is 33.9 Å². The number of hydrogen-bond acceptors (Lipinski definition) is 5. The summed E-state index contributed by atoms with van der Waals surface area (Å²) in [6.45, 7) is 1.69. The van der Waals surface area contributed by atoms with Gasteiger partial charge in [-0.15, -0.1) is 0 Å². The quantitative estimate of drug-likeness (QED) is 0.646. The third-order valence-electron chi connectivity index (χ3n) is 3.23. The van der Waals surface area contributed by atoms with Crippen LogP contribution in [0.5, 0.6) is 5.75 Å². The molecule has 1 aliphatic rings. The van der Waals surface area contributed by atoms with E-state index in [-0.39, 0.29) is 23.9 Å². The van der Waals surface area contributed by atoms with Gasteiger partial charge in [-0.25, -0.2) is 0 Å². The van der Waals surface area contributed by atoms with E-state index < -0.39 is 4.92 Å². The molecule has 0 saturated heterocycles. The first kappa shape index (κ1) is 12.8. The molecule has 0 bridgehead atoms. The topological polar surface area (TPSA) is 87.6 Å². The molecule has 2 rings (SSSR count). The number of nitro benzene ring substituents is 1. The fourth-order valence-electron chi connectivity index (χ4n) is 2.09. The number of nitrogens with zero attached hydrogens (tertiary/aromatic N) is 1. The molecule has 0 aliphatic heterocycles. The van der Waals surface area contributed by atoms with E-state index in [2.05, 4.69) is 0 Å². The number of ether oxygens (including phenoxy) is 2. The van der Waals surface area contributed by atoms with E-state index in [1.165, 1.54) is 6.07 Å². The highest BCUT2D eigenvalue weighted by Gasteiger charge is 2.41. The zero-order valence-electron chi connectivity index (χ0n) is 10.3. The van der Waals surface area contributed by atoms with Gasteiger partial charge in [-0.05, 0) is 19.1 Å².